The number of carboxylic acid groups (broad SMARTS) is 1. The molecule has 3 N–H and O–H groups in total. The van der Waals surface area contributed by atoms with Gasteiger partial charge in [0.1, 0.15) is 0 Å². The van der Waals surface area contributed by atoms with Crippen molar-refractivity contribution >= 4 is 11.9 Å². The molecular weight excluding hydrogens is 220 g/mol. The molecule has 1 fully saturated rings. The first-order chi connectivity index (χ1) is 8.15. The smallest absolute Gasteiger partial charge is 0.308 e. The normalized spacial score (nSPS) is 21.8. The monoisotopic (exact) mass is 242 g/mol. The Labute approximate surface area is 102 Å². The highest BCUT2D eigenvalue weighted by molar-refractivity contribution is 5.80. The van der Waals surface area contributed by atoms with E-state index in [9.17, 15) is 9.59 Å². The molecule has 1 aliphatic heterocycles. The molecule has 2 atom stereocenters. The third kappa shape index (κ3) is 4.73. The van der Waals surface area contributed by atoms with Gasteiger partial charge in [0, 0.05) is 13.1 Å². The molecule has 0 radical (unpaired) electrons. The van der Waals surface area contributed by atoms with E-state index in [1.165, 1.54) is 0 Å². The number of hydrogen-bond donors (Lipinski definition) is 3. The standard InChI is InChI=1S/C12H22N2O3/c1-2-4-10(12(16)17)8-14-11(15)9-5-3-6-13-7-9/h9-10,13H,2-8H2,1H3,(H,14,15)(H,16,17)/t9-,10?/m0/s1. The van der Waals surface area contributed by atoms with Crippen molar-refractivity contribution in [3.05, 3.63) is 0 Å². The van der Waals surface area contributed by atoms with E-state index in [2.05, 4.69) is 10.6 Å². The first-order valence-electron chi connectivity index (χ1n) is 6.36. The van der Waals surface area contributed by atoms with Crippen LogP contribution < -0.4 is 10.6 Å². The first-order valence-corrected chi connectivity index (χ1v) is 6.36. The predicted molar refractivity (Wildman–Crippen MR) is 64.6 cm³/mol. The number of piperidine rings is 1. The number of carbonyl (C=O) groups excluding carboxylic acids is 1. The molecule has 1 amide bonds. The van der Waals surface area contributed by atoms with Crippen LogP contribution in [0.5, 0.6) is 0 Å². The van der Waals surface area contributed by atoms with E-state index in [1.54, 1.807) is 0 Å². The fraction of sp³-hybridized carbons (Fsp3) is 0.833. The molecular formula is C12H22N2O3. The summed E-state index contributed by atoms with van der Waals surface area (Å²) in [5, 5.41) is 14.9. The van der Waals surface area contributed by atoms with Crippen LogP contribution in [-0.4, -0.2) is 36.6 Å². The molecule has 0 aromatic carbocycles. The van der Waals surface area contributed by atoms with Crippen LogP contribution in [0.4, 0.5) is 0 Å². The highest BCUT2D eigenvalue weighted by Crippen LogP contribution is 2.11. The Morgan fingerprint density at radius 2 is 2.29 bits per heavy atom. The second kappa shape index (κ2) is 7.27. The zero-order chi connectivity index (χ0) is 12.7. The lowest BCUT2D eigenvalue weighted by Gasteiger charge is -2.22. The summed E-state index contributed by atoms with van der Waals surface area (Å²) in [6, 6.07) is 0. The topological polar surface area (TPSA) is 78.4 Å². The third-order valence-electron chi connectivity index (χ3n) is 3.18. The summed E-state index contributed by atoms with van der Waals surface area (Å²) in [7, 11) is 0. The second-order valence-electron chi connectivity index (χ2n) is 4.61. The lowest BCUT2D eigenvalue weighted by atomic mass is 9.98. The van der Waals surface area contributed by atoms with Crippen LogP contribution in [0.3, 0.4) is 0 Å². The summed E-state index contributed by atoms with van der Waals surface area (Å²) in [6.07, 6.45) is 3.33. The molecule has 0 spiro atoms. The molecule has 1 heterocycles. The average Bonchev–Trinajstić information content (AvgIpc) is 2.34. The van der Waals surface area contributed by atoms with Crippen molar-refractivity contribution in [2.24, 2.45) is 11.8 Å². The van der Waals surface area contributed by atoms with E-state index in [1.807, 2.05) is 6.92 Å². The van der Waals surface area contributed by atoms with E-state index >= 15 is 0 Å². The van der Waals surface area contributed by atoms with Gasteiger partial charge in [-0.2, -0.15) is 0 Å². The van der Waals surface area contributed by atoms with Crippen molar-refractivity contribution in [2.45, 2.75) is 32.6 Å². The number of amides is 1. The molecule has 0 aromatic heterocycles. The molecule has 1 aliphatic rings. The Morgan fingerprint density at radius 1 is 1.53 bits per heavy atom. The van der Waals surface area contributed by atoms with Crippen molar-refractivity contribution in [1.29, 1.82) is 0 Å². The van der Waals surface area contributed by atoms with Gasteiger partial charge in [0.25, 0.3) is 0 Å². The number of hydrogen-bond acceptors (Lipinski definition) is 3. The number of aliphatic carboxylic acids is 1. The Bertz CT molecular complexity index is 262. The minimum atomic E-state index is -0.825. The van der Waals surface area contributed by atoms with E-state index in [-0.39, 0.29) is 18.4 Å². The quantitative estimate of drug-likeness (QED) is 0.637. The third-order valence-corrected chi connectivity index (χ3v) is 3.18. The van der Waals surface area contributed by atoms with E-state index in [0.29, 0.717) is 13.0 Å². The zero-order valence-electron chi connectivity index (χ0n) is 10.4. The Morgan fingerprint density at radius 3 is 2.82 bits per heavy atom. The summed E-state index contributed by atoms with van der Waals surface area (Å²) in [5.74, 6) is -1.30. The van der Waals surface area contributed by atoms with E-state index in [4.69, 9.17) is 5.11 Å². The SMILES string of the molecule is CCCC(CNC(=O)[C@H]1CCCNC1)C(=O)O. The minimum Gasteiger partial charge on any atom is -0.481 e. The summed E-state index contributed by atoms with van der Waals surface area (Å²) in [4.78, 5) is 22.7. The highest BCUT2D eigenvalue weighted by Gasteiger charge is 2.23. The highest BCUT2D eigenvalue weighted by atomic mass is 16.4. The van der Waals surface area contributed by atoms with Crippen LogP contribution in [0.1, 0.15) is 32.6 Å². The maximum Gasteiger partial charge on any atom is 0.308 e. The maximum absolute atomic E-state index is 11.8. The summed E-state index contributed by atoms with van der Waals surface area (Å²) < 4.78 is 0. The van der Waals surface area contributed by atoms with Gasteiger partial charge < -0.3 is 15.7 Å². The average molecular weight is 242 g/mol. The van der Waals surface area contributed by atoms with Crippen LogP contribution in [0, 0.1) is 11.8 Å². The Balaban J connectivity index is 2.32. The van der Waals surface area contributed by atoms with Gasteiger partial charge in [0.15, 0.2) is 0 Å². The summed E-state index contributed by atoms with van der Waals surface area (Å²) in [6.45, 7) is 3.87. The lowest BCUT2D eigenvalue weighted by molar-refractivity contribution is -0.142. The maximum atomic E-state index is 11.8. The van der Waals surface area contributed by atoms with Gasteiger partial charge in [0.2, 0.25) is 5.91 Å². The summed E-state index contributed by atoms with van der Waals surface area (Å²) >= 11 is 0. The summed E-state index contributed by atoms with van der Waals surface area (Å²) in [5.41, 5.74) is 0. The molecule has 0 saturated carbocycles. The van der Waals surface area contributed by atoms with Crippen molar-refractivity contribution in [3.63, 3.8) is 0 Å². The molecule has 0 aromatic rings. The fourth-order valence-corrected chi connectivity index (χ4v) is 2.11. The van der Waals surface area contributed by atoms with Gasteiger partial charge in [-0.15, -0.1) is 0 Å². The van der Waals surface area contributed by atoms with Crippen LogP contribution in [0.15, 0.2) is 0 Å². The molecule has 0 aliphatic carbocycles. The Kier molecular flexibility index (Phi) is 5.97. The molecule has 5 nitrogen and oxygen atoms in total. The van der Waals surface area contributed by atoms with Gasteiger partial charge in [0.05, 0.1) is 11.8 Å². The molecule has 0 bridgehead atoms. The van der Waals surface area contributed by atoms with Crippen LogP contribution in [0.2, 0.25) is 0 Å². The largest absolute Gasteiger partial charge is 0.481 e. The molecule has 17 heavy (non-hydrogen) atoms. The van der Waals surface area contributed by atoms with Gasteiger partial charge in [-0.05, 0) is 25.8 Å². The lowest BCUT2D eigenvalue weighted by Crippen LogP contribution is -2.42. The van der Waals surface area contributed by atoms with Gasteiger partial charge in [-0.3, -0.25) is 9.59 Å². The molecule has 1 unspecified atom stereocenters. The van der Waals surface area contributed by atoms with Crippen LogP contribution in [0.25, 0.3) is 0 Å². The van der Waals surface area contributed by atoms with Crippen molar-refractivity contribution < 1.29 is 14.7 Å². The molecule has 5 heteroatoms. The van der Waals surface area contributed by atoms with Gasteiger partial charge in [-0.25, -0.2) is 0 Å². The fourth-order valence-electron chi connectivity index (χ4n) is 2.11. The minimum absolute atomic E-state index is 0.000165. The van der Waals surface area contributed by atoms with Crippen molar-refractivity contribution in [3.8, 4) is 0 Å². The number of carbonyl (C=O) groups is 2. The molecule has 1 saturated heterocycles. The first kappa shape index (κ1) is 14.0. The van der Waals surface area contributed by atoms with Gasteiger partial charge in [-0.1, -0.05) is 13.3 Å². The number of carboxylic acids is 1. The zero-order valence-corrected chi connectivity index (χ0v) is 10.4. The Hall–Kier alpha value is -1.10. The number of rotatable bonds is 6. The van der Waals surface area contributed by atoms with Crippen molar-refractivity contribution in [2.75, 3.05) is 19.6 Å². The second-order valence-corrected chi connectivity index (χ2v) is 4.61. The molecule has 1 rings (SSSR count). The van der Waals surface area contributed by atoms with E-state index < -0.39 is 11.9 Å². The van der Waals surface area contributed by atoms with E-state index in [0.717, 1.165) is 25.8 Å². The molecule has 98 valence electrons. The van der Waals surface area contributed by atoms with Crippen LogP contribution >= 0.6 is 0 Å². The predicted octanol–water partition coefficient (Wildman–Crippen LogP) is 0.603. The van der Waals surface area contributed by atoms with Gasteiger partial charge >= 0.3 is 5.97 Å². The van der Waals surface area contributed by atoms with Crippen molar-refractivity contribution in [1.82, 2.24) is 10.6 Å². The van der Waals surface area contributed by atoms with Crippen LogP contribution in [-0.2, 0) is 9.59 Å². The number of nitrogens with one attached hydrogen (secondary N) is 2.